The van der Waals surface area contributed by atoms with Crippen LogP contribution in [0, 0.1) is 11.6 Å². The molecule has 156 valence electrons. The van der Waals surface area contributed by atoms with Gasteiger partial charge in [-0.25, -0.2) is 13.6 Å². The van der Waals surface area contributed by atoms with Crippen LogP contribution in [0.15, 0.2) is 23.0 Å². The smallest absolute Gasteiger partial charge is 0.352 e. The molecule has 0 spiro atoms. The number of rotatable bonds is 5. The third-order valence-electron chi connectivity index (χ3n) is 5.79. The normalized spacial score (nSPS) is 19.3. The minimum atomic E-state index is -0.748. The van der Waals surface area contributed by atoms with Crippen LogP contribution >= 0.6 is 0 Å². The van der Waals surface area contributed by atoms with Crippen molar-refractivity contribution in [1.29, 1.82) is 0 Å². The van der Waals surface area contributed by atoms with Gasteiger partial charge in [-0.3, -0.25) is 4.57 Å². The summed E-state index contributed by atoms with van der Waals surface area (Å²) >= 11 is 0. The summed E-state index contributed by atoms with van der Waals surface area (Å²) in [4.78, 5) is 18.2. The van der Waals surface area contributed by atoms with Crippen LogP contribution in [-0.4, -0.2) is 28.7 Å². The third kappa shape index (κ3) is 4.06. The van der Waals surface area contributed by atoms with Gasteiger partial charge >= 0.3 is 5.69 Å². The number of fused-ring (bicyclic) bond motifs is 1. The molecule has 1 aromatic carbocycles. The third-order valence-corrected chi connectivity index (χ3v) is 5.79. The van der Waals surface area contributed by atoms with Crippen molar-refractivity contribution < 1.29 is 18.3 Å². The zero-order valence-corrected chi connectivity index (χ0v) is 16.7. The van der Waals surface area contributed by atoms with E-state index in [0.29, 0.717) is 18.2 Å². The number of aromatic nitrogens is 2. The van der Waals surface area contributed by atoms with Crippen LogP contribution in [-0.2, 0) is 13.2 Å². The first-order valence-corrected chi connectivity index (χ1v) is 10.0. The first kappa shape index (κ1) is 19.7. The Kier molecular flexibility index (Phi) is 5.43. The molecule has 0 saturated heterocycles. The van der Waals surface area contributed by atoms with Crippen molar-refractivity contribution in [3.8, 4) is 11.6 Å². The molecule has 0 amide bonds. The molecule has 2 aromatic rings. The molecule has 0 N–H and O–H groups in total. The van der Waals surface area contributed by atoms with Gasteiger partial charge in [0.05, 0.1) is 6.10 Å². The van der Waals surface area contributed by atoms with Crippen molar-refractivity contribution in [3.63, 3.8) is 0 Å². The number of hydrogen-bond acceptors (Lipinski definition) is 5. The molecule has 29 heavy (non-hydrogen) atoms. The summed E-state index contributed by atoms with van der Waals surface area (Å²) in [6.45, 7) is 2.58. The van der Waals surface area contributed by atoms with Crippen molar-refractivity contribution in [3.05, 3.63) is 45.9 Å². The van der Waals surface area contributed by atoms with E-state index in [4.69, 9.17) is 9.47 Å². The van der Waals surface area contributed by atoms with E-state index >= 15 is 0 Å². The van der Waals surface area contributed by atoms with E-state index in [1.807, 2.05) is 11.9 Å². The van der Waals surface area contributed by atoms with Gasteiger partial charge in [0.1, 0.15) is 12.4 Å². The number of nitrogens with zero attached hydrogens (tertiary/aromatic N) is 3. The van der Waals surface area contributed by atoms with Crippen LogP contribution in [0.4, 0.5) is 14.6 Å². The van der Waals surface area contributed by atoms with Crippen molar-refractivity contribution in [2.24, 2.45) is 0 Å². The molecule has 1 atom stereocenters. The zero-order chi connectivity index (χ0) is 20.5. The highest BCUT2D eigenvalue weighted by atomic mass is 19.1. The number of anilines is 1. The molecular formula is C21H25F2N3O3. The van der Waals surface area contributed by atoms with Crippen LogP contribution < -0.4 is 20.1 Å². The Hall–Kier alpha value is -2.64. The van der Waals surface area contributed by atoms with E-state index in [0.717, 1.165) is 37.9 Å². The highest BCUT2D eigenvalue weighted by Gasteiger charge is 2.23. The second-order valence-corrected chi connectivity index (χ2v) is 7.84. The van der Waals surface area contributed by atoms with E-state index in [9.17, 15) is 13.6 Å². The van der Waals surface area contributed by atoms with Gasteiger partial charge in [0.2, 0.25) is 5.88 Å². The average Bonchev–Trinajstić information content (AvgIpc) is 3.19. The fourth-order valence-corrected chi connectivity index (χ4v) is 3.92. The minimum Gasteiger partial charge on any atom is -0.484 e. The Balaban J connectivity index is 1.49. The van der Waals surface area contributed by atoms with Gasteiger partial charge < -0.3 is 14.4 Å². The molecule has 0 bridgehead atoms. The number of hydrogen-bond donors (Lipinski definition) is 0. The second-order valence-electron chi connectivity index (χ2n) is 7.84. The maximum Gasteiger partial charge on any atom is 0.352 e. The van der Waals surface area contributed by atoms with Crippen molar-refractivity contribution in [2.45, 2.75) is 64.3 Å². The van der Waals surface area contributed by atoms with Crippen LogP contribution in [0.3, 0.4) is 0 Å². The zero-order valence-electron chi connectivity index (χ0n) is 16.7. The molecule has 1 fully saturated rings. The topological polar surface area (TPSA) is 56.6 Å². The lowest BCUT2D eigenvalue weighted by Crippen LogP contribution is -2.41. The lowest BCUT2D eigenvalue weighted by Gasteiger charge is -2.34. The maximum atomic E-state index is 14.4. The molecule has 1 saturated carbocycles. The van der Waals surface area contributed by atoms with Gasteiger partial charge in [-0.1, -0.05) is 0 Å². The summed E-state index contributed by atoms with van der Waals surface area (Å²) < 4.78 is 41.4. The van der Waals surface area contributed by atoms with Gasteiger partial charge in [0.15, 0.2) is 17.4 Å². The second kappa shape index (κ2) is 8.00. The standard InChI is InChI=1S/C21H25F2N3O3/c1-13-7-8-26-19(25(13)2)11-18(24-21(26)27)28-12-14-9-16(22)20(17(23)10-14)29-15-5-3-4-6-15/h9-11,13,15H,3-8,12H2,1-2H3. The molecule has 2 aliphatic rings. The fraction of sp³-hybridized carbons (Fsp3) is 0.524. The Labute approximate surface area is 168 Å². The highest BCUT2D eigenvalue weighted by molar-refractivity contribution is 5.44. The lowest BCUT2D eigenvalue weighted by molar-refractivity contribution is 0.190. The molecule has 8 heteroatoms. The largest absolute Gasteiger partial charge is 0.484 e. The Bertz CT molecular complexity index is 934. The molecular weight excluding hydrogens is 380 g/mol. The number of benzene rings is 1. The average molecular weight is 405 g/mol. The minimum absolute atomic E-state index is 0.104. The molecule has 6 nitrogen and oxygen atoms in total. The van der Waals surface area contributed by atoms with Gasteiger partial charge in [-0.15, -0.1) is 0 Å². The summed E-state index contributed by atoms with van der Waals surface area (Å²) in [7, 11) is 1.91. The van der Waals surface area contributed by atoms with Crippen molar-refractivity contribution in [2.75, 3.05) is 11.9 Å². The first-order valence-electron chi connectivity index (χ1n) is 10.0. The summed E-state index contributed by atoms with van der Waals surface area (Å²) in [5, 5.41) is 0. The van der Waals surface area contributed by atoms with E-state index in [1.165, 1.54) is 12.1 Å². The Morgan fingerprint density at radius 3 is 2.52 bits per heavy atom. The molecule has 1 unspecified atom stereocenters. The van der Waals surface area contributed by atoms with E-state index in [-0.39, 0.29) is 24.3 Å². The summed E-state index contributed by atoms with van der Waals surface area (Å²) in [5.74, 6) is -0.975. The highest BCUT2D eigenvalue weighted by Crippen LogP contribution is 2.30. The fourth-order valence-electron chi connectivity index (χ4n) is 3.92. The van der Waals surface area contributed by atoms with Gasteiger partial charge in [0.25, 0.3) is 0 Å². The van der Waals surface area contributed by atoms with E-state index in [2.05, 4.69) is 11.9 Å². The summed E-state index contributed by atoms with van der Waals surface area (Å²) in [6, 6.07) is 4.38. The van der Waals surface area contributed by atoms with E-state index < -0.39 is 17.3 Å². The monoisotopic (exact) mass is 405 g/mol. The Morgan fingerprint density at radius 1 is 1.14 bits per heavy atom. The summed E-state index contributed by atoms with van der Waals surface area (Å²) in [6.07, 6.45) is 4.39. The predicted molar refractivity (Wildman–Crippen MR) is 105 cm³/mol. The summed E-state index contributed by atoms with van der Waals surface area (Å²) in [5.41, 5.74) is -0.0889. The van der Waals surface area contributed by atoms with E-state index in [1.54, 1.807) is 10.6 Å². The molecule has 2 heterocycles. The van der Waals surface area contributed by atoms with Crippen molar-refractivity contribution in [1.82, 2.24) is 9.55 Å². The molecule has 1 aliphatic carbocycles. The predicted octanol–water partition coefficient (Wildman–Crippen LogP) is 3.65. The lowest BCUT2D eigenvalue weighted by atomic mass is 10.1. The quantitative estimate of drug-likeness (QED) is 0.760. The van der Waals surface area contributed by atoms with Crippen LogP contribution in [0.5, 0.6) is 11.6 Å². The first-order chi connectivity index (χ1) is 13.9. The molecule has 1 aromatic heterocycles. The van der Waals surface area contributed by atoms with Gasteiger partial charge in [-0.2, -0.15) is 4.98 Å². The number of halogens is 2. The SMILES string of the molecule is CC1CCn2c(cc(OCc3cc(F)c(OC4CCCC4)c(F)c3)nc2=O)N1C. The van der Waals surface area contributed by atoms with Crippen LogP contribution in [0.25, 0.3) is 0 Å². The molecule has 1 aliphatic heterocycles. The molecule has 4 rings (SSSR count). The number of ether oxygens (including phenoxy) is 2. The van der Waals surface area contributed by atoms with Gasteiger partial charge in [-0.05, 0) is 56.7 Å². The van der Waals surface area contributed by atoms with Gasteiger partial charge in [0, 0.05) is 25.7 Å². The Morgan fingerprint density at radius 2 is 1.83 bits per heavy atom. The molecule has 0 radical (unpaired) electrons. The van der Waals surface area contributed by atoms with Crippen LogP contribution in [0.2, 0.25) is 0 Å². The maximum absolute atomic E-state index is 14.4. The van der Waals surface area contributed by atoms with Crippen molar-refractivity contribution >= 4 is 5.82 Å². The van der Waals surface area contributed by atoms with Crippen LogP contribution in [0.1, 0.15) is 44.6 Å².